The summed E-state index contributed by atoms with van der Waals surface area (Å²) in [6.07, 6.45) is 1.13. The zero-order valence-electron chi connectivity index (χ0n) is 15.4. The van der Waals surface area contributed by atoms with E-state index in [1.54, 1.807) is 10.3 Å². The molecule has 1 aromatic heterocycles. The summed E-state index contributed by atoms with van der Waals surface area (Å²) >= 11 is 1.39. The zero-order valence-corrected chi connectivity index (χ0v) is 16.2. The minimum absolute atomic E-state index is 0.134. The molecule has 138 valence electrons. The highest BCUT2D eigenvalue weighted by atomic mass is 32.1. The Bertz CT molecular complexity index is 775. The molecule has 2 aromatic rings. The predicted molar refractivity (Wildman–Crippen MR) is 102 cm³/mol. The number of benzene rings is 1. The van der Waals surface area contributed by atoms with Crippen LogP contribution >= 0.6 is 11.3 Å². The van der Waals surface area contributed by atoms with Crippen LogP contribution < -0.4 is 0 Å². The molecule has 2 atom stereocenters. The lowest BCUT2D eigenvalue weighted by molar-refractivity contribution is -0.137. The lowest BCUT2D eigenvalue weighted by atomic mass is 9.92. The summed E-state index contributed by atoms with van der Waals surface area (Å²) in [6.45, 7) is 7.54. The Kier molecular flexibility index (Phi) is 5.71. The maximum Gasteiger partial charge on any atom is 0.358 e. The minimum atomic E-state index is -0.550. The van der Waals surface area contributed by atoms with E-state index >= 15 is 0 Å². The van der Waals surface area contributed by atoms with Gasteiger partial charge in [0.2, 0.25) is 0 Å². The van der Waals surface area contributed by atoms with Crippen LogP contribution in [0.5, 0.6) is 0 Å². The van der Waals surface area contributed by atoms with Crippen LogP contribution in [0.1, 0.15) is 36.3 Å². The number of hydrogen-bond acceptors (Lipinski definition) is 5. The summed E-state index contributed by atoms with van der Waals surface area (Å²) < 4.78 is 5.20. The fourth-order valence-electron chi connectivity index (χ4n) is 3.36. The van der Waals surface area contributed by atoms with Gasteiger partial charge in [-0.2, -0.15) is 0 Å². The molecule has 0 aliphatic carbocycles. The van der Waals surface area contributed by atoms with E-state index in [4.69, 9.17) is 4.74 Å². The van der Waals surface area contributed by atoms with Gasteiger partial charge in [-0.3, -0.25) is 4.79 Å². The van der Waals surface area contributed by atoms with E-state index in [1.165, 1.54) is 16.9 Å². The van der Waals surface area contributed by atoms with E-state index in [9.17, 15) is 9.59 Å². The number of aromatic nitrogens is 1. The average Bonchev–Trinajstić information content (AvgIpc) is 3.09. The number of ether oxygens (including phenoxy) is 1. The van der Waals surface area contributed by atoms with Crippen LogP contribution in [-0.2, 0) is 9.53 Å². The van der Waals surface area contributed by atoms with Gasteiger partial charge in [-0.25, -0.2) is 9.78 Å². The van der Waals surface area contributed by atoms with Gasteiger partial charge in [0.25, 0.3) is 5.91 Å². The summed E-state index contributed by atoms with van der Waals surface area (Å²) in [4.78, 5) is 30.7. The number of nitrogens with zero attached hydrogens (tertiary/aromatic N) is 2. The van der Waals surface area contributed by atoms with Crippen molar-refractivity contribution >= 4 is 23.2 Å². The normalized spacial score (nSPS) is 20.0. The van der Waals surface area contributed by atoms with Gasteiger partial charge in [0.1, 0.15) is 5.01 Å². The largest absolute Gasteiger partial charge is 0.451 e. The Morgan fingerprint density at radius 1 is 1.19 bits per heavy atom. The molecule has 2 heterocycles. The average molecular weight is 372 g/mol. The predicted octanol–water partition coefficient (Wildman–Crippen LogP) is 3.78. The molecule has 1 aliphatic rings. The first kappa shape index (κ1) is 18.6. The van der Waals surface area contributed by atoms with E-state index in [0.29, 0.717) is 11.8 Å². The highest BCUT2D eigenvalue weighted by Gasteiger charge is 2.26. The van der Waals surface area contributed by atoms with Crippen LogP contribution in [-0.4, -0.2) is 41.5 Å². The molecule has 1 fully saturated rings. The molecule has 3 rings (SSSR count). The van der Waals surface area contributed by atoms with Crippen LogP contribution in [0.25, 0.3) is 10.6 Å². The fraction of sp³-hybridized carbons (Fsp3) is 0.450. The molecule has 0 N–H and O–H groups in total. The van der Waals surface area contributed by atoms with E-state index in [-0.39, 0.29) is 18.2 Å². The van der Waals surface area contributed by atoms with Gasteiger partial charge in [0, 0.05) is 24.0 Å². The number of carbonyl (C=O) groups is 2. The number of carbonyl (C=O) groups excluding carboxylic acids is 2. The van der Waals surface area contributed by atoms with Crippen molar-refractivity contribution in [3.05, 3.63) is 40.9 Å². The van der Waals surface area contributed by atoms with Crippen LogP contribution in [0.4, 0.5) is 0 Å². The number of aryl methyl sites for hydroxylation is 1. The second-order valence-corrected chi connectivity index (χ2v) is 8.08. The van der Waals surface area contributed by atoms with E-state index < -0.39 is 5.97 Å². The minimum Gasteiger partial charge on any atom is -0.451 e. The van der Waals surface area contributed by atoms with Gasteiger partial charge in [-0.1, -0.05) is 43.7 Å². The van der Waals surface area contributed by atoms with Crippen molar-refractivity contribution in [3.63, 3.8) is 0 Å². The number of amides is 1. The molecule has 0 unspecified atom stereocenters. The second-order valence-electron chi connectivity index (χ2n) is 7.22. The van der Waals surface area contributed by atoms with Gasteiger partial charge in [0.05, 0.1) is 0 Å². The maximum atomic E-state index is 12.3. The SMILES string of the molecule is Cc1ccc(-c2nc(C(=O)OCC(=O)N3C[C@H](C)C[C@H](C)C3)cs2)cc1. The van der Waals surface area contributed by atoms with Crippen molar-refractivity contribution in [2.75, 3.05) is 19.7 Å². The summed E-state index contributed by atoms with van der Waals surface area (Å²) in [5.74, 6) is 0.278. The number of piperidine rings is 1. The molecule has 1 aromatic carbocycles. The first-order valence-corrected chi connectivity index (χ1v) is 9.78. The molecule has 1 saturated heterocycles. The Morgan fingerprint density at radius 3 is 2.50 bits per heavy atom. The van der Waals surface area contributed by atoms with Crippen molar-refractivity contribution in [1.29, 1.82) is 0 Å². The first-order chi connectivity index (χ1) is 12.4. The lowest BCUT2D eigenvalue weighted by Crippen LogP contribution is -2.44. The molecule has 0 saturated carbocycles. The van der Waals surface area contributed by atoms with Gasteiger partial charge in [-0.15, -0.1) is 11.3 Å². The van der Waals surface area contributed by atoms with Crippen molar-refractivity contribution in [2.24, 2.45) is 11.8 Å². The molecule has 1 amide bonds. The van der Waals surface area contributed by atoms with Gasteiger partial charge < -0.3 is 9.64 Å². The van der Waals surface area contributed by atoms with Crippen LogP contribution in [0.2, 0.25) is 0 Å². The number of thiazole rings is 1. The maximum absolute atomic E-state index is 12.3. The number of rotatable bonds is 4. The van der Waals surface area contributed by atoms with E-state index in [1.807, 2.05) is 31.2 Å². The third kappa shape index (κ3) is 4.49. The van der Waals surface area contributed by atoms with E-state index in [0.717, 1.165) is 30.1 Å². The number of likely N-dealkylation sites (tertiary alicyclic amines) is 1. The molecule has 1 aliphatic heterocycles. The smallest absolute Gasteiger partial charge is 0.358 e. The molecule has 0 spiro atoms. The summed E-state index contributed by atoms with van der Waals surface area (Å²) in [6, 6.07) is 7.97. The molecule has 0 radical (unpaired) electrons. The molecular formula is C20H24N2O3S. The topological polar surface area (TPSA) is 59.5 Å². The molecule has 0 bridgehead atoms. The quantitative estimate of drug-likeness (QED) is 0.767. The highest BCUT2D eigenvalue weighted by Crippen LogP contribution is 2.24. The standard InChI is InChI=1S/C20H24N2O3S/c1-13-4-6-16(7-5-13)19-21-17(12-26-19)20(24)25-11-18(23)22-9-14(2)8-15(3)10-22/h4-7,12,14-15H,8-11H2,1-3H3/t14-,15+. The number of hydrogen-bond donors (Lipinski definition) is 0. The van der Waals surface area contributed by atoms with Crippen molar-refractivity contribution in [2.45, 2.75) is 27.2 Å². The van der Waals surface area contributed by atoms with Gasteiger partial charge in [0.15, 0.2) is 12.3 Å². The Balaban J connectivity index is 1.57. The van der Waals surface area contributed by atoms with Crippen molar-refractivity contribution < 1.29 is 14.3 Å². The van der Waals surface area contributed by atoms with Crippen LogP contribution in [0, 0.1) is 18.8 Å². The summed E-state index contributed by atoms with van der Waals surface area (Å²) in [5, 5.41) is 2.44. The zero-order chi connectivity index (χ0) is 18.7. The number of esters is 1. The van der Waals surface area contributed by atoms with Gasteiger partial charge in [-0.05, 0) is 25.2 Å². The van der Waals surface area contributed by atoms with Crippen LogP contribution in [0.15, 0.2) is 29.6 Å². The van der Waals surface area contributed by atoms with Crippen LogP contribution in [0.3, 0.4) is 0 Å². The third-order valence-electron chi connectivity index (χ3n) is 4.56. The third-order valence-corrected chi connectivity index (χ3v) is 5.45. The van der Waals surface area contributed by atoms with E-state index in [2.05, 4.69) is 18.8 Å². The summed E-state index contributed by atoms with van der Waals surface area (Å²) in [7, 11) is 0. The Morgan fingerprint density at radius 2 is 1.85 bits per heavy atom. The fourth-order valence-corrected chi connectivity index (χ4v) is 4.15. The highest BCUT2D eigenvalue weighted by molar-refractivity contribution is 7.13. The molecular weight excluding hydrogens is 348 g/mol. The monoisotopic (exact) mass is 372 g/mol. The Labute approximate surface area is 158 Å². The second kappa shape index (κ2) is 7.99. The lowest BCUT2D eigenvalue weighted by Gasteiger charge is -2.34. The summed E-state index contributed by atoms with van der Waals surface area (Å²) in [5.41, 5.74) is 2.38. The molecule has 5 nitrogen and oxygen atoms in total. The molecule has 26 heavy (non-hydrogen) atoms. The van der Waals surface area contributed by atoms with Crippen molar-refractivity contribution in [3.8, 4) is 10.6 Å². The first-order valence-electron chi connectivity index (χ1n) is 8.90. The van der Waals surface area contributed by atoms with Crippen molar-refractivity contribution in [1.82, 2.24) is 9.88 Å². The Hall–Kier alpha value is -2.21. The molecule has 6 heteroatoms. The van der Waals surface area contributed by atoms with Gasteiger partial charge >= 0.3 is 5.97 Å².